The lowest BCUT2D eigenvalue weighted by atomic mass is 10.2. The molecule has 0 fully saturated rings. The quantitative estimate of drug-likeness (QED) is 0.294. The highest BCUT2D eigenvalue weighted by Gasteiger charge is 1.89. The molecule has 0 radical (unpaired) electrons. The van der Waals surface area contributed by atoms with Crippen LogP contribution in [0.4, 0.5) is 0 Å². The summed E-state index contributed by atoms with van der Waals surface area (Å²) in [6.45, 7) is 0.481. The van der Waals surface area contributed by atoms with Crippen LogP contribution >= 0.6 is 0 Å². The van der Waals surface area contributed by atoms with Crippen molar-refractivity contribution in [3.63, 3.8) is 0 Å². The smallest absolute Gasteiger partial charge is 0.133 e. The molecule has 88 valence electrons. The highest BCUT2D eigenvalue weighted by Crippen LogP contribution is 2.00. The molecule has 0 bridgehead atoms. The number of hydrogen-bond acceptors (Lipinski definition) is 5. The zero-order valence-corrected chi connectivity index (χ0v) is 9.00. The van der Waals surface area contributed by atoms with Gasteiger partial charge in [0.2, 0.25) is 0 Å². The predicted molar refractivity (Wildman–Crippen MR) is 56.6 cm³/mol. The predicted octanol–water partition coefficient (Wildman–Crippen LogP) is 2.12. The maximum Gasteiger partial charge on any atom is 0.133 e. The third kappa shape index (κ3) is 6.15. The zero-order valence-electron chi connectivity index (χ0n) is 9.00. The van der Waals surface area contributed by atoms with Gasteiger partial charge in [0.1, 0.15) is 19.5 Å². The molecule has 1 aromatic rings. The monoisotopic (exact) mass is 226 g/mol. The second-order valence-electron chi connectivity index (χ2n) is 2.69. The molecule has 1 aromatic carbocycles. The van der Waals surface area contributed by atoms with Gasteiger partial charge in [-0.25, -0.2) is 9.78 Å². The summed E-state index contributed by atoms with van der Waals surface area (Å²) in [6, 6.07) is 9.67. The zero-order chi connectivity index (χ0) is 11.5. The van der Waals surface area contributed by atoms with Crippen molar-refractivity contribution < 1.29 is 24.6 Å². The minimum absolute atomic E-state index is 0.215. The van der Waals surface area contributed by atoms with E-state index in [4.69, 9.17) is 0 Å². The van der Waals surface area contributed by atoms with Crippen molar-refractivity contribution >= 4 is 6.08 Å². The maximum atomic E-state index is 4.62. The van der Waals surface area contributed by atoms with Gasteiger partial charge in [0.15, 0.2) is 0 Å². The Morgan fingerprint density at radius 2 is 1.81 bits per heavy atom. The normalized spacial score (nSPS) is 10.8. The maximum absolute atomic E-state index is 4.62. The fourth-order valence-corrected chi connectivity index (χ4v) is 0.906. The van der Waals surface area contributed by atoms with Crippen LogP contribution in [-0.4, -0.2) is 20.3 Å². The Balaban J connectivity index is 2.01. The van der Waals surface area contributed by atoms with Crippen molar-refractivity contribution in [1.82, 2.24) is 0 Å². The summed E-state index contributed by atoms with van der Waals surface area (Å²) in [4.78, 5) is 18.1. The standard InChI is InChI=1S/C11H14O5/c1-12-13-9-10-15-16-14-8-7-11-5-3-2-4-6-11/h2-8H,9-10H2,1H3. The van der Waals surface area contributed by atoms with Crippen molar-refractivity contribution in [2.24, 2.45) is 0 Å². The molecule has 1 rings (SSSR count). The lowest BCUT2D eigenvalue weighted by Gasteiger charge is -2.00. The first-order chi connectivity index (χ1) is 7.93. The van der Waals surface area contributed by atoms with Crippen LogP contribution < -0.4 is 0 Å². The van der Waals surface area contributed by atoms with Gasteiger partial charge in [-0.1, -0.05) is 30.3 Å². The van der Waals surface area contributed by atoms with Crippen LogP contribution in [0, 0.1) is 0 Å². The van der Waals surface area contributed by atoms with Crippen molar-refractivity contribution in [3.8, 4) is 0 Å². The van der Waals surface area contributed by atoms with Gasteiger partial charge < -0.3 is 4.89 Å². The molecule has 0 amide bonds. The molecule has 0 aliphatic carbocycles. The largest absolute Gasteiger partial charge is 0.316 e. The van der Waals surface area contributed by atoms with Crippen molar-refractivity contribution in [3.05, 3.63) is 42.2 Å². The van der Waals surface area contributed by atoms with E-state index in [0.717, 1.165) is 5.56 Å². The van der Waals surface area contributed by atoms with E-state index in [2.05, 4.69) is 24.6 Å². The van der Waals surface area contributed by atoms with Gasteiger partial charge >= 0.3 is 0 Å². The summed E-state index contributed by atoms with van der Waals surface area (Å²) in [7, 11) is 1.42. The first kappa shape index (κ1) is 12.7. The molecule has 0 saturated carbocycles. The Labute approximate surface area is 93.9 Å². The van der Waals surface area contributed by atoms with Crippen LogP contribution in [0.3, 0.4) is 0 Å². The molecule has 0 unspecified atom stereocenters. The van der Waals surface area contributed by atoms with Crippen LogP contribution in [0.15, 0.2) is 36.6 Å². The summed E-state index contributed by atoms with van der Waals surface area (Å²) in [5, 5.41) is 4.38. The molecule has 0 aromatic heterocycles. The van der Waals surface area contributed by atoms with Gasteiger partial charge in [-0.2, -0.15) is 4.89 Å². The molecule has 5 heteroatoms. The highest BCUT2D eigenvalue weighted by molar-refractivity contribution is 5.47. The summed E-state index contributed by atoms with van der Waals surface area (Å²) in [5.41, 5.74) is 1.01. The van der Waals surface area contributed by atoms with Gasteiger partial charge in [0.25, 0.3) is 0 Å². The van der Waals surface area contributed by atoms with Crippen molar-refractivity contribution in [1.29, 1.82) is 0 Å². The van der Waals surface area contributed by atoms with E-state index in [0.29, 0.717) is 0 Å². The number of hydrogen-bond donors (Lipinski definition) is 0. The number of rotatable bonds is 8. The van der Waals surface area contributed by atoms with E-state index in [1.165, 1.54) is 13.4 Å². The Morgan fingerprint density at radius 3 is 2.56 bits per heavy atom. The number of benzene rings is 1. The van der Waals surface area contributed by atoms with E-state index in [9.17, 15) is 0 Å². The molecule has 0 N–H and O–H groups in total. The molecule has 0 saturated heterocycles. The van der Waals surface area contributed by atoms with Gasteiger partial charge in [-0.05, 0) is 16.7 Å². The van der Waals surface area contributed by atoms with Crippen molar-refractivity contribution in [2.75, 3.05) is 20.3 Å². The topological polar surface area (TPSA) is 46.2 Å². The molecule has 0 spiro atoms. The lowest BCUT2D eigenvalue weighted by molar-refractivity contribution is -0.494. The van der Waals surface area contributed by atoms with Gasteiger partial charge in [0, 0.05) is 0 Å². The third-order valence-electron chi connectivity index (χ3n) is 1.57. The first-order valence-electron chi connectivity index (χ1n) is 4.75. The van der Waals surface area contributed by atoms with E-state index in [1.54, 1.807) is 6.08 Å². The SMILES string of the molecule is COOCCOOOC=Cc1ccccc1. The summed E-state index contributed by atoms with van der Waals surface area (Å²) < 4.78 is 0. The average Bonchev–Trinajstić information content (AvgIpc) is 2.34. The molecule has 5 nitrogen and oxygen atoms in total. The second-order valence-corrected chi connectivity index (χ2v) is 2.69. The van der Waals surface area contributed by atoms with Gasteiger partial charge in [-0.15, -0.1) is 0 Å². The molecule has 0 aliphatic heterocycles. The Kier molecular flexibility index (Phi) is 7.02. The minimum atomic E-state index is 0.215. The molecular formula is C11H14O5. The second kappa shape index (κ2) is 8.87. The molecule has 0 atom stereocenters. The van der Waals surface area contributed by atoms with Gasteiger partial charge in [0.05, 0.1) is 7.11 Å². The molecular weight excluding hydrogens is 212 g/mol. The first-order valence-corrected chi connectivity index (χ1v) is 4.75. The van der Waals surface area contributed by atoms with Crippen molar-refractivity contribution in [2.45, 2.75) is 0 Å². The van der Waals surface area contributed by atoms with Crippen LogP contribution in [0.25, 0.3) is 6.08 Å². The van der Waals surface area contributed by atoms with E-state index < -0.39 is 0 Å². The van der Waals surface area contributed by atoms with E-state index in [-0.39, 0.29) is 13.2 Å². The Morgan fingerprint density at radius 1 is 1.06 bits per heavy atom. The summed E-state index contributed by atoms with van der Waals surface area (Å²) >= 11 is 0. The minimum Gasteiger partial charge on any atom is -0.316 e. The molecule has 0 aliphatic rings. The van der Waals surface area contributed by atoms with Crippen LogP contribution in [0.2, 0.25) is 0 Å². The van der Waals surface area contributed by atoms with E-state index in [1.807, 2.05) is 30.3 Å². The Hall–Kier alpha value is -1.40. The fraction of sp³-hybridized carbons (Fsp3) is 0.273. The van der Waals surface area contributed by atoms with Crippen LogP contribution in [0.1, 0.15) is 5.56 Å². The fourth-order valence-electron chi connectivity index (χ4n) is 0.906. The lowest BCUT2D eigenvalue weighted by Crippen LogP contribution is -2.03. The third-order valence-corrected chi connectivity index (χ3v) is 1.57. The summed E-state index contributed by atoms with van der Waals surface area (Å²) in [6.07, 6.45) is 3.13. The highest BCUT2D eigenvalue weighted by atomic mass is 17.5. The van der Waals surface area contributed by atoms with Gasteiger partial charge in [-0.3, -0.25) is 0 Å². The molecule has 16 heavy (non-hydrogen) atoms. The van der Waals surface area contributed by atoms with Crippen LogP contribution in [0.5, 0.6) is 0 Å². The Bertz CT molecular complexity index is 286. The summed E-state index contributed by atoms with van der Waals surface area (Å²) in [5.74, 6) is 0. The van der Waals surface area contributed by atoms with E-state index >= 15 is 0 Å². The molecule has 0 heterocycles. The average molecular weight is 226 g/mol. The van der Waals surface area contributed by atoms with Crippen LogP contribution in [-0.2, 0) is 24.6 Å².